The Balaban J connectivity index is 4.93. The van der Waals surface area contributed by atoms with Gasteiger partial charge in [0.1, 0.15) is 0 Å². The Labute approximate surface area is 114 Å². The normalized spacial score (nSPS) is 12.6. The predicted octanol–water partition coefficient (Wildman–Crippen LogP) is 6.12. The van der Waals surface area contributed by atoms with E-state index in [9.17, 15) is 13.2 Å². The largest absolute Gasteiger partial charge is 0.392 e. The predicted molar refractivity (Wildman–Crippen MR) is 75.0 cm³/mol. The lowest BCUT2D eigenvalue weighted by atomic mass is 9.97. The Morgan fingerprint density at radius 1 is 1.11 bits per heavy atom. The van der Waals surface area contributed by atoms with E-state index in [0.29, 0.717) is 0 Å². The minimum Gasteiger partial charge on any atom is -0.171 e. The van der Waals surface area contributed by atoms with Crippen LogP contribution in [0.3, 0.4) is 0 Å². The number of alkyl halides is 3. The highest BCUT2D eigenvalue weighted by Crippen LogP contribution is 2.22. The summed E-state index contributed by atoms with van der Waals surface area (Å²) in [5.41, 5.74) is 5.38. The zero-order chi connectivity index (χ0) is 14.7. The molecule has 108 valence electrons. The maximum absolute atomic E-state index is 12.0. The third kappa shape index (κ3) is 9.38. The van der Waals surface area contributed by atoms with Crippen molar-refractivity contribution in [3.05, 3.63) is 41.2 Å². The number of hydrogen-bond donors (Lipinski definition) is 0. The molecule has 0 spiro atoms. The van der Waals surface area contributed by atoms with E-state index in [1.165, 1.54) is 6.08 Å². The molecular weight excluding hydrogens is 249 g/mol. The Morgan fingerprint density at radius 2 is 1.74 bits per heavy atom. The Bertz CT molecular complexity index is 364. The van der Waals surface area contributed by atoms with Crippen molar-refractivity contribution in [2.45, 2.75) is 59.1 Å². The summed E-state index contributed by atoms with van der Waals surface area (Å²) < 4.78 is 36.1. The molecule has 0 radical (unpaired) electrons. The number of hydrogen-bond acceptors (Lipinski definition) is 0. The van der Waals surface area contributed by atoms with Gasteiger partial charge in [0.25, 0.3) is 0 Å². The Hall–Kier alpha value is -1.21. The molecule has 3 heteroatoms. The molecule has 0 rings (SSSR count). The molecule has 0 bridgehead atoms. The summed E-state index contributed by atoms with van der Waals surface area (Å²) >= 11 is 0. The maximum atomic E-state index is 12.0. The molecule has 0 nitrogen and oxygen atoms in total. The highest BCUT2D eigenvalue weighted by molar-refractivity contribution is 5.33. The SMILES string of the molecule is CC=C=C(CCC)/C(=C\C=CCC(F)(F)F)CCC. The summed E-state index contributed by atoms with van der Waals surface area (Å²) in [6, 6.07) is 0. The van der Waals surface area contributed by atoms with Gasteiger partial charge in [-0.25, -0.2) is 0 Å². The van der Waals surface area contributed by atoms with Crippen LogP contribution in [0.25, 0.3) is 0 Å². The summed E-state index contributed by atoms with van der Waals surface area (Å²) in [6.07, 6.45) is 5.06. The van der Waals surface area contributed by atoms with Gasteiger partial charge in [0, 0.05) is 0 Å². The highest BCUT2D eigenvalue weighted by Gasteiger charge is 2.24. The molecule has 0 aliphatic carbocycles. The van der Waals surface area contributed by atoms with Crippen molar-refractivity contribution in [1.82, 2.24) is 0 Å². The van der Waals surface area contributed by atoms with Gasteiger partial charge < -0.3 is 0 Å². The summed E-state index contributed by atoms with van der Waals surface area (Å²) in [5, 5.41) is 0. The van der Waals surface area contributed by atoms with Crippen LogP contribution >= 0.6 is 0 Å². The van der Waals surface area contributed by atoms with E-state index < -0.39 is 12.6 Å². The maximum Gasteiger partial charge on any atom is 0.392 e. The zero-order valence-corrected chi connectivity index (χ0v) is 12.0. The van der Waals surface area contributed by atoms with Crippen molar-refractivity contribution in [2.75, 3.05) is 0 Å². The molecule has 0 saturated heterocycles. The first-order chi connectivity index (χ1) is 8.94. The third-order valence-corrected chi connectivity index (χ3v) is 2.51. The summed E-state index contributed by atoms with van der Waals surface area (Å²) in [7, 11) is 0. The third-order valence-electron chi connectivity index (χ3n) is 2.51. The van der Waals surface area contributed by atoms with Crippen molar-refractivity contribution < 1.29 is 13.2 Å². The van der Waals surface area contributed by atoms with Gasteiger partial charge in [-0.15, -0.1) is 5.73 Å². The van der Waals surface area contributed by atoms with Crippen LogP contribution in [0.15, 0.2) is 41.2 Å². The average Bonchev–Trinajstić information content (AvgIpc) is 2.32. The second kappa shape index (κ2) is 9.69. The van der Waals surface area contributed by atoms with Crippen LogP contribution in [0.5, 0.6) is 0 Å². The van der Waals surface area contributed by atoms with E-state index in [4.69, 9.17) is 0 Å². The summed E-state index contributed by atoms with van der Waals surface area (Å²) in [6.45, 7) is 6.05. The minimum atomic E-state index is -4.12. The lowest BCUT2D eigenvalue weighted by Gasteiger charge is -2.07. The van der Waals surface area contributed by atoms with Crippen molar-refractivity contribution in [1.29, 1.82) is 0 Å². The van der Waals surface area contributed by atoms with Gasteiger partial charge in [-0.1, -0.05) is 44.9 Å². The zero-order valence-electron chi connectivity index (χ0n) is 12.0. The average molecular weight is 272 g/mol. The molecule has 0 saturated carbocycles. The van der Waals surface area contributed by atoms with E-state index in [0.717, 1.165) is 42.9 Å². The summed E-state index contributed by atoms with van der Waals surface area (Å²) in [5.74, 6) is 0. The van der Waals surface area contributed by atoms with Crippen molar-refractivity contribution in [2.24, 2.45) is 0 Å². The van der Waals surface area contributed by atoms with Crippen molar-refractivity contribution in [3.8, 4) is 0 Å². The van der Waals surface area contributed by atoms with Crippen LogP contribution in [0.1, 0.15) is 52.9 Å². The molecule has 0 N–H and O–H groups in total. The van der Waals surface area contributed by atoms with Crippen LogP contribution in [0.2, 0.25) is 0 Å². The van der Waals surface area contributed by atoms with Gasteiger partial charge in [-0.05, 0) is 37.0 Å². The van der Waals surface area contributed by atoms with E-state index in [1.54, 1.807) is 6.08 Å². The Morgan fingerprint density at radius 3 is 2.21 bits per heavy atom. The molecule has 0 unspecified atom stereocenters. The molecule has 0 heterocycles. The first-order valence-electron chi connectivity index (χ1n) is 6.77. The smallest absolute Gasteiger partial charge is 0.171 e. The lowest BCUT2D eigenvalue weighted by Crippen LogP contribution is -2.03. The molecule has 0 aromatic heterocycles. The van der Waals surface area contributed by atoms with Crippen LogP contribution in [0.4, 0.5) is 13.2 Å². The van der Waals surface area contributed by atoms with Gasteiger partial charge in [0.2, 0.25) is 0 Å². The Kier molecular flexibility index (Phi) is 9.07. The fourth-order valence-corrected chi connectivity index (χ4v) is 1.74. The standard InChI is InChI=1S/C16H23F3/c1-4-9-14(10-5-2)15(11-6-3)12-7-8-13-16(17,18)19/h4,7-8,12H,5-6,10-11,13H2,1-3H3/b8-7?,15-12-. The van der Waals surface area contributed by atoms with Crippen LogP contribution in [-0.2, 0) is 0 Å². The van der Waals surface area contributed by atoms with Crippen LogP contribution in [-0.4, -0.2) is 6.18 Å². The molecule has 0 aliphatic rings. The topological polar surface area (TPSA) is 0 Å². The second-order valence-corrected chi connectivity index (χ2v) is 4.35. The number of rotatable bonds is 7. The number of allylic oxidation sites excluding steroid dienone is 5. The molecule has 0 atom stereocenters. The molecule has 0 fully saturated rings. The molecule has 0 aromatic rings. The molecule has 0 amide bonds. The van der Waals surface area contributed by atoms with Gasteiger partial charge >= 0.3 is 6.18 Å². The van der Waals surface area contributed by atoms with Gasteiger partial charge in [0.05, 0.1) is 6.42 Å². The van der Waals surface area contributed by atoms with Gasteiger partial charge in [0.15, 0.2) is 0 Å². The van der Waals surface area contributed by atoms with Crippen LogP contribution < -0.4 is 0 Å². The van der Waals surface area contributed by atoms with E-state index in [-0.39, 0.29) is 0 Å². The molecular formula is C16H23F3. The second-order valence-electron chi connectivity index (χ2n) is 4.35. The first kappa shape index (κ1) is 17.8. The van der Waals surface area contributed by atoms with Crippen molar-refractivity contribution in [3.63, 3.8) is 0 Å². The fourth-order valence-electron chi connectivity index (χ4n) is 1.74. The monoisotopic (exact) mass is 272 g/mol. The quantitative estimate of drug-likeness (QED) is 0.386. The van der Waals surface area contributed by atoms with E-state index in [1.807, 2.05) is 13.0 Å². The lowest BCUT2D eigenvalue weighted by molar-refractivity contribution is -0.125. The van der Waals surface area contributed by atoms with E-state index >= 15 is 0 Å². The molecule has 0 aromatic carbocycles. The summed E-state index contributed by atoms with van der Waals surface area (Å²) in [4.78, 5) is 0. The molecule has 19 heavy (non-hydrogen) atoms. The number of halogens is 3. The van der Waals surface area contributed by atoms with Crippen LogP contribution in [0, 0.1) is 0 Å². The van der Waals surface area contributed by atoms with E-state index in [2.05, 4.69) is 19.6 Å². The first-order valence-corrected chi connectivity index (χ1v) is 6.77. The van der Waals surface area contributed by atoms with Gasteiger partial charge in [-0.3, -0.25) is 0 Å². The van der Waals surface area contributed by atoms with Gasteiger partial charge in [-0.2, -0.15) is 13.2 Å². The fraction of sp³-hybridized carbons (Fsp3) is 0.562. The molecule has 0 aliphatic heterocycles. The minimum absolute atomic E-state index is 0.868. The van der Waals surface area contributed by atoms with Crippen molar-refractivity contribution >= 4 is 0 Å². The highest BCUT2D eigenvalue weighted by atomic mass is 19.4.